The summed E-state index contributed by atoms with van der Waals surface area (Å²) in [5.41, 5.74) is 0.602. The van der Waals surface area contributed by atoms with Crippen LogP contribution in [0, 0.1) is 0 Å². The molecule has 3 aromatic rings. The number of amides is 1. The molecule has 174 valence electrons. The van der Waals surface area contributed by atoms with E-state index in [1.54, 1.807) is 19.9 Å². The Balaban J connectivity index is 1.74. The number of carbonyl (C=O) groups is 2. The molecule has 0 atom stereocenters. The molecule has 0 aliphatic rings. The van der Waals surface area contributed by atoms with Crippen LogP contribution in [0.25, 0.3) is 10.8 Å². The van der Waals surface area contributed by atoms with Crippen LogP contribution in [0.2, 0.25) is 0 Å². The van der Waals surface area contributed by atoms with E-state index in [1.807, 2.05) is 36.4 Å². The minimum Gasteiger partial charge on any atom is -0.495 e. The molecule has 9 heteroatoms. The third-order valence-corrected chi connectivity index (χ3v) is 7.19. The van der Waals surface area contributed by atoms with Crippen molar-refractivity contribution in [3.63, 3.8) is 0 Å². The smallest absolute Gasteiger partial charge is 0.338 e. The van der Waals surface area contributed by atoms with E-state index in [9.17, 15) is 18.0 Å². The van der Waals surface area contributed by atoms with Gasteiger partial charge in [0.1, 0.15) is 10.6 Å². The lowest BCUT2D eigenvalue weighted by atomic mass is 10.1. The maximum atomic E-state index is 13.0. The van der Waals surface area contributed by atoms with Crippen molar-refractivity contribution in [3.8, 4) is 5.75 Å². The maximum absolute atomic E-state index is 13.0. The molecule has 1 N–H and O–H groups in total. The van der Waals surface area contributed by atoms with Crippen LogP contribution in [0.4, 0.5) is 5.69 Å². The van der Waals surface area contributed by atoms with Crippen molar-refractivity contribution < 1.29 is 27.5 Å². The summed E-state index contributed by atoms with van der Waals surface area (Å²) in [5, 5.41) is 4.56. The molecular formula is C24H26N2O6S. The van der Waals surface area contributed by atoms with Gasteiger partial charge in [0.15, 0.2) is 6.61 Å². The van der Waals surface area contributed by atoms with Crippen molar-refractivity contribution in [2.75, 3.05) is 32.1 Å². The summed E-state index contributed by atoms with van der Waals surface area (Å²) in [6, 6.07) is 17.1. The fraction of sp³-hybridized carbons (Fsp3) is 0.250. The van der Waals surface area contributed by atoms with Gasteiger partial charge in [0.2, 0.25) is 10.0 Å². The lowest BCUT2D eigenvalue weighted by molar-refractivity contribution is -0.119. The highest BCUT2D eigenvalue weighted by atomic mass is 32.2. The second-order valence-corrected chi connectivity index (χ2v) is 9.01. The normalized spacial score (nSPS) is 11.4. The van der Waals surface area contributed by atoms with Crippen LogP contribution in [0.5, 0.6) is 5.75 Å². The van der Waals surface area contributed by atoms with Gasteiger partial charge in [-0.3, -0.25) is 4.79 Å². The molecule has 3 rings (SSSR count). The Labute approximate surface area is 193 Å². The first-order valence-electron chi connectivity index (χ1n) is 10.4. The number of fused-ring (bicyclic) bond motifs is 1. The van der Waals surface area contributed by atoms with Crippen LogP contribution in [0.1, 0.15) is 24.2 Å². The van der Waals surface area contributed by atoms with Crippen molar-refractivity contribution >= 4 is 38.4 Å². The summed E-state index contributed by atoms with van der Waals surface area (Å²) in [5.74, 6) is -1.21. The van der Waals surface area contributed by atoms with Crippen LogP contribution in [0.3, 0.4) is 0 Å². The largest absolute Gasteiger partial charge is 0.495 e. The van der Waals surface area contributed by atoms with E-state index in [-0.39, 0.29) is 29.3 Å². The average Bonchev–Trinajstić information content (AvgIpc) is 2.83. The van der Waals surface area contributed by atoms with Gasteiger partial charge in [0.25, 0.3) is 5.91 Å². The van der Waals surface area contributed by atoms with Crippen LogP contribution < -0.4 is 10.1 Å². The first kappa shape index (κ1) is 24.2. The Bertz CT molecular complexity index is 1260. The van der Waals surface area contributed by atoms with Gasteiger partial charge in [-0.15, -0.1) is 0 Å². The molecule has 0 saturated heterocycles. The molecule has 33 heavy (non-hydrogen) atoms. The number of ether oxygens (including phenoxy) is 2. The number of nitrogens with zero attached hydrogens (tertiary/aromatic N) is 1. The molecule has 0 bridgehead atoms. The number of nitrogens with one attached hydrogen (secondary N) is 1. The highest BCUT2D eigenvalue weighted by Crippen LogP contribution is 2.28. The van der Waals surface area contributed by atoms with Gasteiger partial charge >= 0.3 is 5.97 Å². The summed E-state index contributed by atoms with van der Waals surface area (Å²) in [7, 11) is -2.52. The first-order valence-corrected chi connectivity index (χ1v) is 11.9. The van der Waals surface area contributed by atoms with E-state index in [4.69, 9.17) is 9.47 Å². The van der Waals surface area contributed by atoms with Gasteiger partial charge in [0, 0.05) is 24.2 Å². The summed E-state index contributed by atoms with van der Waals surface area (Å²) in [4.78, 5) is 24.8. The predicted octanol–water partition coefficient (Wildman–Crippen LogP) is 3.67. The van der Waals surface area contributed by atoms with Gasteiger partial charge in [-0.1, -0.05) is 50.2 Å². The summed E-state index contributed by atoms with van der Waals surface area (Å²) < 4.78 is 37.5. The summed E-state index contributed by atoms with van der Waals surface area (Å²) >= 11 is 0. The Kier molecular flexibility index (Phi) is 7.67. The average molecular weight is 471 g/mol. The van der Waals surface area contributed by atoms with Gasteiger partial charge in [-0.2, -0.15) is 4.31 Å². The van der Waals surface area contributed by atoms with Crippen LogP contribution >= 0.6 is 0 Å². The van der Waals surface area contributed by atoms with E-state index in [2.05, 4.69) is 5.32 Å². The third kappa shape index (κ3) is 5.32. The monoisotopic (exact) mass is 470 g/mol. The van der Waals surface area contributed by atoms with Gasteiger partial charge in [0.05, 0.1) is 12.7 Å². The van der Waals surface area contributed by atoms with Crippen LogP contribution in [-0.4, -0.2) is 51.4 Å². The SMILES string of the molecule is CCN(CC)S(=O)(=O)c1cc(C(=O)OCC(=O)Nc2cccc3ccccc23)ccc1OC. The van der Waals surface area contributed by atoms with Gasteiger partial charge < -0.3 is 14.8 Å². The van der Waals surface area contributed by atoms with Crippen molar-refractivity contribution in [1.29, 1.82) is 0 Å². The molecular weight excluding hydrogens is 444 g/mol. The lowest BCUT2D eigenvalue weighted by Crippen LogP contribution is -2.31. The molecule has 8 nitrogen and oxygen atoms in total. The molecule has 0 radical (unpaired) electrons. The summed E-state index contributed by atoms with van der Waals surface area (Å²) in [6.45, 7) is 3.46. The van der Waals surface area contributed by atoms with E-state index in [1.165, 1.54) is 29.6 Å². The van der Waals surface area contributed by atoms with E-state index in [0.717, 1.165) is 10.8 Å². The third-order valence-electron chi connectivity index (χ3n) is 5.12. The Morgan fingerprint density at radius 3 is 2.36 bits per heavy atom. The zero-order valence-electron chi connectivity index (χ0n) is 18.7. The molecule has 3 aromatic carbocycles. The number of sulfonamides is 1. The Hall–Kier alpha value is -3.43. The number of hydrogen-bond donors (Lipinski definition) is 1. The quantitative estimate of drug-likeness (QED) is 0.479. The molecule has 0 spiro atoms. The number of methoxy groups -OCH3 is 1. The second kappa shape index (κ2) is 10.5. The first-order chi connectivity index (χ1) is 15.8. The Morgan fingerprint density at radius 2 is 1.67 bits per heavy atom. The van der Waals surface area contributed by atoms with E-state index >= 15 is 0 Å². The number of benzene rings is 3. The lowest BCUT2D eigenvalue weighted by Gasteiger charge is -2.20. The number of esters is 1. The number of carbonyl (C=O) groups excluding carboxylic acids is 2. The minimum absolute atomic E-state index is 0.000470. The maximum Gasteiger partial charge on any atom is 0.338 e. The van der Waals surface area contributed by atoms with E-state index in [0.29, 0.717) is 5.69 Å². The topological polar surface area (TPSA) is 102 Å². The molecule has 0 aliphatic carbocycles. The van der Waals surface area contributed by atoms with Crippen molar-refractivity contribution in [1.82, 2.24) is 4.31 Å². The van der Waals surface area contributed by atoms with Gasteiger partial charge in [-0.25, -0.2) is 13.2 Å². The zero-order valence-corrected chi connectivity index (χ0v) is 19.5. The van der Waals surface area contributed by atoms with E-state index < -0.39 is 28.5 Å². The highest BCUT2D eigenvalue weighted by molar-refractivity contribution is 7.89. The summed E-state index contributed by atoms with van der Waals surface area (Å²) in [6.07, 6.45) is 0. The molecule has 0 fully saturated rings. The van der Waals surface area contributed by atoms with Crippen molar-refractivity contribution in [3.05, 3.63) is 66.2 Å². The standard InChI is InChI=1S/C24H26N2O6S/c1-4-26(5-2)33(29,30)22-15-18(13-14-21(22)31-3)24(28)32-16-23(27)25-20-12-8-10-17-9-6-7-11-19(17)20/h6-15H,4-5,16H2,1-3H3,(H,25,27). The van der Waals surface area contributed by atoms with Crippen LogP contribution in [0.15, 0.2) is 65.6 Å². The van der Waals surface area contributed by atoms with Crippen molar-refractivity contribution in [2.45, 2.75) is 18.7 Å². The number of anilines is 1. The molecule has 0 saturated carbocycles. The number of rotatable bonds is 9. The highest BCUT2D eigenvalue weighted by Gasteiger charge is 2.27. The van der Waals surface area contributed by atoms with Crippen LogP contribution in [-0.2, 0) is 19.6 Å². The van der Waals surface area contributed by atoms with Gasteiger partial charge in [-0.05, 0) is 29.7 Å². The Morgan fingerprint density at radius 1 is 0.970 bits per heavy atom. The molecule has 0 aromatic heterocycles. The number of hydrogen-bond acceptors (Lipinski definition) is 6. The van der Waals surface area contributed by atoms with Crippen molar-refractivity contribution in [2.24, 2.45) is 0 Å². The molecule has 0 heterocycles. The molecule has 0 unspecified atom stereocenters. The fourth-order valence-electron chi connectivity index (χ4n) is 3.44. The fourth-order valence-corrected chi connectivity index (χ4v) is 5.08. The predicted molar refractivity (Wildman–Crippen MR) is 126 cm³/mol. The second-order valence-electron chi connectivity index (χ2n) is 7.11. The minimum atomic E-state index is -3.87. The molecule has 0 aliphatic heterocycles. The molecule has 1 amide bonds. The zero-order chi connectivity index (χ0) is 24.0.